The molecule has 27 heavy (non-hydrogen) atoms. The summed E-state index contributed by atoms with van der Waals surface area (Å²) in [5.41, 5.74) is 5.12. The molecule has 2 aliphatic heterocycles. The number of rotatable bonds is 2. The van der Waals surface area contributed by atoms with Crippen LogP contribution in [0.1, 0.15) is 42.0 Å². The van der Waals surface area contributed by atoms with E-state index >= 15 is 0 Å². The van der Waals surface area contributed by atoms with Crippen LogP contribution in [0.3, 0.4) is 0 Å². The number of anilines is 1. The molecule has 5 rings (SSSR count). The number of hydrogen-bond donors (Lipinski definition) is 2. The molecule has 0 unspecified atom stereocenters. The van der Waals surface area contributed by atoms with Gasteiger partial charge in [0.15, 0.2) is 11.5 Å². The SMILES string of the molecule is C/C(=N\O)c1ccc2c(c1)[C@@H]1C=CC[C@@H]1[C@H](c1cc3c(cc1Br)OCO3)N2. The zero-order valence-electron chi connectivity index (χ0n) is 14.8. The van der Waals surface area contributed by atoms with Crippen molar-refractivity contribution in [2.24, 2.45) is 11.1 Å². The number of fused-ring (bicyclic) bond motifs is 4. The maximum Gasteiger partial charge on any atom is 0.231 e. The van der Waals surface area contributed by atoms with Gasteiger partial charge in [0.1, 0.15) is 0 Å². The number of nitrogens with one attached hydrogen (secondary N) is 1. The molecule has 1 aliphatic carbocycles. The smallest absolute Gasteiger partial charge is 0.231 e. The van der Waals surface area contributed by atoms with Crippen molar-refractivity contribution in [2.75, 3.05) is 12.1 Å². The first kappa shape index (κ1) is 16.7. The zero-order chi connectivity index (χ0) is 18.5. The number of ether oxygens (including phenoxy) is 2. The number of benzene rings is 2. The van der Waals surface area contributed by atoms with E-state index < -0.39 is 0 Å². The van der Waals surface area contributed by atoms with Crippen LogP contribution in [0.25, 0.3) is 0 Å². The number of hydrogen-bond acceptors (Lipinski definition) is 5. The summed E-state index contributed by atoms with van der Waals surface area (Å²) in [6.45, 7) is 2.08. The van der Waals surface area contributed by atoms with Gasteiger partial charge < -0.3 is 20.0 Å². The van der Waals surface area contributed by atoms with E-state index in [0.29, 0.717) is 17.5 Å². The van der Waals surface area contributed by atoms with Gasteiger partial charge in [-0.2, -0.15) is 0 Å². The molecular formula is C21H19BrN2O3. The molecule has 0 fully saturated rings. The Balaban J connectivity index is 1.58. The summed E-state index contributed by atoms with van der Waals surface area (Å²) in [6.07, 6.45) is 5.58. The van der Waals surface area contributed by atoms with E-state index in [-0.39, 0.29) is 12.8 Å². The van der Waals surface area contributed by atoms with Crippen LogP contribution in [0.15, 0.2) is 52.1 Å². The van der Waals surface area contributed by atoms with E-state index in [1.54, 1.807) is 0 Å². The van der Waals surface area contributed by atoms with E-state index in [4.69, 9.17) is 14.7 Å². The summed E-state index contributed by atoms with van der Waals surface area (Å²) in [6, 6.07) is 10.5. The van der Waals surface area contributed by atoms with Gasteiger partial charge >= 0.3 is 0 Å². The maximum absolute atomic E-state index is 9.11. The van der Waals surface area contributed by atoms with E-state index in [9.17, 15) is 0 Å². The molecule has 0 amide bonds. The summed E-state index contributed by atoms with van der Waals surface area (Å²) in [5.74, 6) is 2.32. The molecule has 0 radical (unpaired) electrons. The number of allylic oxidation sites excluding steroid dienone is 2. The molecule has 3 aliphatic rings. The first-order valence-corrected chi connectivity index (χ1v) is 9.80. The van der Waals surface area contributed by atoms with Gasteiger partial charge in [-0.1, -0.05) is 39.3 Å². The summed E-state index contributed by atoms with van der Waals surface area (Å²) in [4.78, 5) is 0. The van der Waals surface area contributed by atoms with Crippen LogP contribution < -0.4 is 14.8 Å². The van der Waals surface area contributed by atoms with Crippen LogP contribution in [-0.4, -0.2) is 17.7 Å². The highest BCUT2D eigenvalue weighted by atomic mass is 79.9. The van der Waals surface area contributed by atoms with Gasteiger partial charge in [0.2, 0.25) is 6.79 Å². The van der Waals surface area contributed by atoms with Crippen LogP contribution in [0, 0.1) is 5.92 Å². The lowest BCUT2D eigenvalue weighted by Gasteiger charge is -2.38. The lowest BCUT2D eigenvalue weighted by atomic mass is 9.76. The van der Waals surface area contributed by atoms with Crippen molar-refractivity contribution >= 4 is 27.3 Å². The predicted molar refractivity (Wildman–Crippen MR) is 107 cm³/mol. The van der Waals surface area contributed by atoms with Crippen molar-refractivity contribution in [3.8, 4) is 11.5 Å². The average Bonchev–Trinajstić information content (AvgIpc) is 3.35. The fraction of sp³-hybridized carbons (Fsp3) is 0.286. The van der Waals surface area contributed by atoms with Gasteiger partial charge in [-0.05, 0) is 60.2 Å². The predicted octanol–water partition coefficient (Wildman–Crippen LogP) is 5.20. The second-order valence-corrected chi connectivity index (χ2v) is 8.04. The van der Waals surface area contributed by atoms with Crippen molar-refractivity contribution in [2.45, 2.75) is 25.3 Å². The Labute approximate surface area is 165 Å². The molecule has 2 aromatic rings. The minimum Gasteiger partial charge on any atom is -0.454 e. The third-order valence-electron chi connectivity index (χ3n) is 5.76. The Hall–Kier alpha value is -2.47. The fourth-order valence-corrected chi connectivity index (χ4v) is 4.93. The van der Waals surface area contributed by atoms with Crippen molar-refractivity contribution in [3.63, 3.8) is 0 Å². The molecule has 0 saturated carbocycles. The third-order valence-corrected chi connectivity index (χ3v) is 6.44. The normalized spacial score (nSPS) is 25.1. The standard InChI is InChI=1S/C21H19BrN2O3/c1-11(24-25)12-5-6-18-15(7-12)13-3-2-4-14(13)21(23-18)16-8-19-20(9-17(16)22)27-10-26-19/h2-3,5-9,13-14,21,23,25H,4,10H2,1H3/b24-11+/t13-,14+,21-/m1/s1. The Morgan fingerprint density at radius 3 is 2.81 bits per heavy atom. The molecule has 0 spiro atoms. The van der Waals surface area contributed by atoms with Gasteiger partial charge in [-0.15, -0.1) is 0 Å². The highest BCUT2D eigenvalue weighted by Crippen LogP contribution is 2.52. The van der Waals surface area contributed by atoms with E-state index in [1.165, 1.54) is 11.1 Å². The molecule has 0 aromatic heterocycles. The van der Waals surface area contributed by atoms with Crippen LogP contribution in [0.5, 0.6) is 11.5 Å². The average molecular weight is 427 g/mol. The minimum absolute atomic E-state index is 0.167. The fourth-order valence-electron chi connectivity index (χ4n) is 4.36. The lowest BCUT2D eigenvalue weighted by molar-refractivity contribution is 0.174. The summed E-state index contributed by atoms with van der Waals surface area (Å²) < 4.78 is 12.1. The molecule has 2 N–H and O–H groups in total. The van der Waals surface area contributed by atoms with Crippen LogP contribution >= 0.6 is 15.9 Å². The Kier molecular flexibility index (Phi) is 3.90. The second-order valence-electron chi connectivity index (χ2n) is 7.19. The lowest BCUT2D eigenvalue weighted by Crippen LogP contribution is -2.29. The topological polar surface area (TPSA) is 63.1 Å². The minimum atomic E-state index is 0.167. The molecule has 2 aromatic carbocycles. The summed E-state index contributed by atoms with van der Waals surface area (Å²) in [7, 11) is 0. The monoisotopic (exact) mass is 426 g/mol. The summed E-state index contributed by atoms with van der Waals surface area (Å²) >= 11 is 3.72. The van der Waals surface area contributed by atoms with Crippen LogP contribution in [-0.2, 0) is 0 Å². The molecule has 0 bridgehead atoms. The van der Waals surface area contributed by atoms with Crippen LogP contribution in [0.2, 0.25) is 0 Å². The van der Waals surface area contributed by atoms with E-state index in [2.05, 4.69) is 56.8 Å². The van der Waals surface area contributed by atoms with E-state index in [0.717, 1.165) is 33.6 Å². The van der Waals surface area contributed by atoms with Gasteiger partial charge in [0.25, 0.3) is 0 Å². The van der Waals surface area contributed by atoms with Crippen molar-refractivity contribution in [3.05, 3.63) is 63.6 Å². The Morgan fingerprint density at radius 1 is 1.19 bits per heavy atom. The van der Waals surface area contributed by atoms with Gasteiger partial charge in [-0.3, -0.25) is 0 Å². The largest absolute Gasteiger partial charge is 0.454 e. The molecule has 2 heterocycles. The van der Waals surface area contributed by atoms with Gasteiger partial charge in [0, 0.05) is 16.1 Å². The van der Waals surface area contributed by atoms with Crippen molar-refractivity contribution in [1.82, 2.24) is 0 Å². The number of nitrogens with zero attached hydrogens (tertiary/aromatic N) is 1. The number of halogens is 1. The molecule has 138 valence electrons. The Bertz CT molecular complexity index is 986. The summed E-state index contributed by atoms with van der Waals surface area (Å²) in [5, 5.41) is 16.2. The van der Waals surface area contributed by atoms with Crippen molar-refractivity contribution < 1.29 is 14.7 Å². The maximum atomic E-state index is 9.11. The highest BCUT2D eigenvalue weighted by Gasteiger charge is 2.39. The number of oxime groups is 1. The van der Waals surface area contributed by atoms with E-state index in [1.807, 2.05) is 19.1 Å². The molecule has 3 atom stereocenters. The first-order valence-electron chi connectivity index (χ1n) is 9.01. The van der Waals surface area contributed by atoms with Gasteiger partial charge in [-0.25, -0.2) is 0 Å². The third kappa shape index (κ3) is 2.62. The quantitative estimate of drug-likeness (QED) is 0.299. The highest BCUT2D eigenvalue weighted by molar-refractivity contribution is 9.10. The first-order chi connectivity index (χ1) is 13.2. The van der Waals surface area contributed by atoms with Crippen molar-refractivity contribution in [1.29, 1.82) is 0 Å². The molecule has 5 nitrogen and oxygen atoms in total. The van der Waals surface area contributed by atoms with Crippen LogP contribution in [0.4, 0.5) is 5.69 Å². The Morgan fingerprint density at radius 2 is 2.00 bits per heavy atom. The second kappa shape index (κ2) is 6.30. The molecular weight excluding hydrogens is 408 g/mol. The molecule has 6 heteroatoms. The zero-order valence-corrected chi connectivity index (χ0v) is 16.4. The molecule has 0 saturated heterocycles. The van der Waals surface area contributed by atoms with Gasteiger partial charge in [0.05, 0.1) is 11.8 Å².